The van der Waals surface area contributed by atoms with Crippen LogP contribution in [0.3, 0.4) is 0 Å². The summed E-state index contributed by atoms with van der Waals surface area (Å²) in [7, 11) is 0. The first-order valence-electron chi connectivity index (χ1n) is 7.01. The topological polar surface area (TPSA) is 0 Å². The average molecular weight is 330 g/mol. The third kappa shape index (κ3) is 2.86. The summed E-state index contributed by atoms with van der Waals surface area (Å²) >= 11 is 4.74. The molecular formula is C19H13F3S. The summed E-state index contributed by atoms with van der Waals surface area (Å²) in [4.78, 5) is 0. The van der Waals surface area contributed by atoms with Gasteiger partial charge >= 0.3 is 0 Å². The van der Waals surface area contributed by atoms with Crippen molar-refractivity contribution in [2.75, 3.05) is 0 Å². The minimum absolute atomic E-state index is 0.321. The molecule has 0 aliphatic rings. The van der Waals surface area contributed by atoms with Crippen LogP contribution < -0.4 is 0 Å². The van der Waals surface area contributed by atoms with E-state index >= 15 is 0 Å². The molecule has 0 saturated carbocycles. The largest absolute Gasteiger partial charge is 0.207 e. The fourth-order valence-electron chi connectivity index (χ4n) is 2.61. The van der Waals surface area contributed by atoms with Gasteiger partial charge in [-0.25, -0.2) is 13.2 Å². The second-order valence-electron chi connectivity index (χ2n) is 5.20. The lowest BCUT2D eigenvalue weighted by atomic mass is 9.83. The van der Waals surface area contributed by atoms with Gasteiger partial charge in [-0.2, -0.15) is 12.6 Å². The molecule has 0 aliphatic carbocycles. The lowest BCUT2D eigenvalue weighted by Gasteiger charge is -2.31. The highest BCUT2D eigenvalue weighted by molar-refractivity contribution is 7.81. The molecule has 0 unspecified atom stereocenters. The second-order valence-corrected chi connectivity index (χ2v) is 5.87. The first kappa shape index (κ1) is 15.7. The molecule has 3 aromatic rings. The SMILES string of the molecule is Fc1ccc(C(S)(c2ccc(F)cc2)c2ccccc2F)cc1. The van der Waals surface area contributed by atoms with E-state index in [1.54, 1.807) is 42.5 Å². The van der Waals surface area contributed by atoms with Crippen LogP contribution in [0.2, 0.25) is 0 Å². The molecule has 0 aliphatic heterocycles. The van der Waals surface area contributed by atoms with Crippen molar-refractivity contribution < 1.29 is 13.2 Å². The van der Waals surface area contributed by atoms with E-state index in [0.717, 1.165) is 0 Å². The molecule has 0 bridgehead atoms. The van der Waals surface area contributed by atoms with Gasteiger partial charge in [-0.05, 0) is 41.5 Å². The Balaban J connectivity index is 2.27. The van der Waals surface area contributed by atoms with E-state index in [1.165, 1.54) is 30.3 Å². The molecule has 0 saturated heterocycles. The van der Waals surface area contributed by atoms with Gasteiger partial charge in [-0.15, -0.1) is 0 Å². The van der Waals surface area contributed by atoms with Gasteiger partial charge in [-0.1, -0.05) is 42.5 Å². The van der Waals surface area contributed by atoms with Crippen molar-refractivity contribution in [3.8, 4) is 0 Å². The van der Waals surface area contributed by atoms with E-state index in [-0.39, 0.29) is 0 Å². The van der Waals surface area contributed by atoms with Gasteiger partial charge in [0, 0.05) is 5.56 Å². The maximum atomic E-state index is 14.4. The van der Waals surface area contributed by atoms with Crippen LogP contribution >= 0.6 is 12.6 Å². The second kappa shape index (κ2) is 6.13. The van der Waals surface area contributed by atoms with E-state index in [4.69, 9.17) is 12.6 Å². The summed E-state index contributed by atoms with van der Waals surface area (Å²) in [5, 5.41) is 0. The molecule has 0 aromatic heterocycles. The highest BCUT2D eigenvalue weighted by Crippen LogP contribution is 2.43. The molecule has 0 spiro atoms. The number of rotatable bonds is 3. The molecule has 0 amide bonds. The quantitative estimate of drug-likeness (QED) is 0.487. The van der Waals surface area contributed by atoms with Gasteiger partial charge in [0.05, 0.1) is 4.75 Å². The zero-order chi connectivity index (χ0) is 16.4. The lowest BCUT2D eigenvalue weighted by molar-refractivity contribution is 0.599. The maximum Gasteiger partial charge on any atom is 0.128 e. The smallest absolute Gasteiger partial charge is 0.128 e. The highest BCUT2D eigenvalue weighted by Gasteiger charge is 2.34. The van der Waals surface area contributed by atoms with Crippen LogP contribution in [0.1, 0.15) is 16.7 Å². The Hall–Kier alpha value is -2.20. The first-order valence-corrected chi connectivity index (χ1v) is 7.46. The van der Waals surface area contributed by atoms with Crippen molar-refractivity contribution in [2.45, 2.75) is 4.75 Å². The number of thiol groups is 1. The van der Waals surface area contributed by atoms with Gasteiger partial charge < -0.3 is 0 Å². The van der Waals surface area contributed by atoms with Gasteiger partial charge in [0.15, 0.2) is 0 Å². The number of benzene rings is 3. The molecule has 0 heterocycles. The Morgan fingerprint density at radius 1 is 0.609 bits per heavy atom. The van der Waals surface area contributed by atoms with Crippen LogP contribution in [-0.4, -0.2) is 0 Å². The number of hydrogen-bond acceptors (Lipinski definition) is 1. The fraction of sp³-hybridized carbons (Fsp3) is 0.0526. The molecule has 0 N–H and O–H groups in total. The minimum Gasteiger partial charge on any atom is -0.207 e. The first-order chi connectivity index (χ1) is 11.0. The molecule has 0 radical (unpaired) electrons. The third-order valence-corrected chi connectivity index (χ3v) is 4.54. The van der Waals surface area contributed by atoms with Gasteiger partial charge in [0.1, 0.15) is 17.5 Å². The molecule has 3 rings (SSSR count). The third-order valence-electron chi connectivity index (χ3n) is 3.79. The summed E-state index contributed by atoms with van der Waals surface area (Å²) in [5.41, 5.74) is 1.51. The van der Waals surface area contributed by atoms with Crippen LogP contribution in [0.5, 0.6) is 0 Å². The van der Waals surface area contributed by atoms with E-state index in [9.17, 15) is 13.2 Å². The van der Waals surface area contributed by atoms with Crippen LogP contribution in [0.25, 0.3) is 0 Å². The Kier molecular flexibility index (Phi) is 4.18. The molecule has 0 atom stereocenters. The van der Waals surface area contributed by atoms with Crippen molar-refractivity contribution in [1.29, 1.82) is 0 Å². The predicted molar refractivity (Wildman–Crippen MR) is 88.1 cm³/mol. The molecule has 4 heteroatoms. The number of hydrogen-bond donors (Lipinski definition) is 1. The Labute approximate surface area is 138 Å². The van der Waals surface area contributed by atoms with Crippen molar-refractivity contribution in [3.05, 3.63) is 107 Å². The lowest BCUT2D eigenvalue weighted by Crippen LogP contribution is -2.24. The normalized spacial score (nSPS) is 11.5. The van der Waals surface area contributed by atoms with Gasteiger partial charge in [-0.3, -0.25) is 0 Å². The molecule has 0 fully saturated rings. The molecule has 116 valence electrons. The van der Waals surface area contributed by atoms with E-state index in [1.807, 2.05) is 0 Å². The van der Waals surface area contributed by atoms with E-state index < -0.39 is 22.2 Å². The van der Waals surface area contributed by atoms with E-state index in [0.29, 0.717) is 16.7 Å². The Morgan fingerprint density at radius 3 is 1.48 bits per heavy atom. The zero-order valence-electron chi connectivity index (χ0n) is 12.0. The molecule has 0 nitrogen and oxygen atoms in total. The summed E-state index contributed by atoms with van der Waals surface area (Å²) in [5.74, 6) is -1.22. The standard InChI is InChI=1S/C19H13F3S/c20-15-9-5-13(6-10-15)19(23,14-7-11-16(21)12-8-14)17-3-1-2-4-18(17)22/h1-12,23H. The molecule has 3 aromatic carbocycles. The van der Waals surface area contributed by atoms with Crippen molar-refractivity contribution in [3.63, 3.8) is 0 Å². The Bertz CT molecular complexity index is 765. The van der Waals surface area contributed by atoms with Gasteiger partial charge in [0.25, 0.3) is 0 Å². The van der Waals surface area contributed by atoms with Crippen LogP contribution in [0, 0.1) is 17.5 Å². The summed E-state index contributed by atoms with van der Waals surface area (Å²) < 4.78 is 39.8. The van der Waals surface area contributed by atoms with Crippen molar-refractivity contribution >= 4 is 12.6 Å². The van der Waals surface area contributed by atoms with E-state index in [2.05, 4.69) is 0 Å². The summed E-state index contributed by atoms with van der Waals surface area (Å²) in [6.07, 6.45) is 0. The highest BCUT2D eigenvalue weighted by atomic mass is 32.1. The predicted octanol–water partition coefficient (Wildman–Crippen LogP) is 5.33. The molecule has 23 heavy (non-hydrogen) atoms. The minimum atomic E-state index is -1.16. The fourth-order valence-corrected chi connectivity index (χ4v) is 3.09. The van der Waals surface area contributed by atoms with Crippen molar-refractivity contribution in [1.82, 2.24) is 0 Å². The van der Waals surface area contributed by atoms with Crippen LogP contribution in [0.15, 0.2) is 72.8 Å². The monoisotopic (exact) mass is 330 g/mol. The number of halogens is 3. The zero-order valence-corrected chi connectivity index (χ0v) is 12.9. The average Bonchev–Trinajstić information content (AvgIpc) is 2.56. The Morgan fingerprint density at radius 2 is 1.04 bits per heavy atom. The van der Waals surface area contributed by atoms with Crippen molar-refractivity contribution in [2.24, 2.45) is 0 Å². The van der Waals surface area contributed by atoms with Crippen LogP contribution in [0.4, 0.5) is 13.2 Å². The van der Waals surface area contributed by atoms with Gasteiger partial charge in [0.2, 0.25) is 0 Å². The maximum absolute atomic E-state index is 14.4. The summed E-state index contributed by atoms with van der Waals surface area (Å²) in [6.45, 7) is 0. The van der Waals surface area contributed by atoms with Crippen LogP contribution in [-0.2, 0) is 4.75 Å². The summed E-state index contributed by atoms with van der Waals surface area (Å²) in [6, 6.07) is 17.7. The molecular weight excluding hydrogens is 317 g/mol.